The average molecular weight is 452 g/mol. The molecule has 0 radical (unpaired) electrons. The number of amides is 1. The van der Waals surface area contributed by atoms with Crippen LogP contribution in [-0.4, -0.2) is 41.2 Å². The SMILES string of the molecule is Cn1nc2c(c1-c1cc(F)c(F)c(F)c1)C[C@@H]1CCC[C@H]2N1C(=O)c1ccc2nccn2n1. The van der Waals surface area contributed by atoms with Crippen LogP contribution in [0.3, 0.4) is 0 Å². The third-order valence-electron chi connectivity index (χ3n) is 6.64. The van der Waals surface area contributed by atoms with Crippen molar-refractivity contribution in [3.8, 4) is 11.3 Å². The minimum absolute atomic E-state index is 0.0953. The zero-order valence-electron chi connectivity index (χ0n) is 17.7. The van der Waals surface area contributed by atoms with E-state index in [-0.39, 0.29) is 23.6 Å². The normalized spacial score (nSPS) is 19.7. The zero-order valence-corrected chi connectivity index (χ0v) is 17.7. The molecule has 2 bridgehead atoms. The maximum atomic E-state index is 14.0. The first-order chi connectivity index (χ1) is 15.9. The van der Waals surface area contributed by atoms with Crippen LogP contribution in [-0.2, 0) is 13.5 Å². The van der Waals surface area contributed by atoms with E-state index >= 15 is 0 Å². The van der Waals surface area contributed by atoms with Crippen molar-refractivity contribution in [3.05, 3.63) is 71.1 Å². The fraction of sp³-hybridized carbons (Fsp3) is 0.304. The number of nitrogens with zero attached hydrogens (tertiary/aromatic N) is 6. The Bertz CT molecular complexity index is 1400. The Morgan fingerprint density at radius 3 is 2.67 bits per heavy atom. The zero-order chi connectivity index (χ0) is 22.9. The van der Waals surface area contributed by atoms with Gasteiger partial charge in [0.05, 0.1) is 17.4 Å². The Morgan fingerprint density at radius 2 is 1.88 bits per heavy atom. The predicted molar refractivity (Wildman–Crippen MR) is 112 cm³/mol. The molecule has 2 aliphatic rings. The highest BCUT2D eigenvalue weighted by Gasteiger charge is 2.44. The van der Waals surface area contributed by atoms with E-state index in [1.807, 2.05) is 4.90 Å². The summed E-state index contributed by atoms with van der Waals surface area (Å²) >= 11 is 0. The van der Waals surface area contributed by atoms with Crippen molar-refractivity contribution in [1.82, 2.24) is 29.3 Å². The summed E-state index contributed by atoms with van der Waals surface area (Å²) in [5.74, 6) is -4.16. The monoisotopic (exact) mass is 452 g/mol. The maximum Gasteiger partial charge on any atom is 0.275 e. The van der Waals surface area contributed by atoms with Crippen molar-refractivity contribution in [2.24, 2.45) is 7.05 Å². The largest absolute Gasteiger partial charge is 0.325 e. The number of aromatic nitrogens is 5. The summed E-state index contributed by atoms with van der Waals surface area (Å²) in [5.41, 5.74) is 3.31. The highest BCUT2D eigenvalue weighted by Crippen LogP contribution is 2.45. The molecule has 1 fully saturated rings. The van der Waals surface area contributed by atoms with Crippen LogP contribution >= 0.6 is 0 Å². The number of imidazole rings is 1. The van der Waals surface area contributed by atoms with Crippen molar-refractivity contribution in [1.29, 1.82) is 0 Å². The summed E-state index contributed by atoms with van der Waals surface area (Å²) in [6.45, 7) is 0. The molecule has 1 aromatic carbocycles. The van der Waals surface area contributed by atoms with E-state index in [2.05, 4.69) is 15.2 Å². The van der Waals surface area contributed by atoms with Crippen LogP contribution in [0, 0.1) is 17.5 Å². The summed E-state index contributed by atoms with van der Waals surface area (Å²) in [4.78, 5) is 19.5. The minimum Gasteiger partial charge on any atom is -0.325 e. The molecule has 5 heterocycles. The van der Waals surface area contributed by atoms with Crippen LogP contribution in [0.25, 0.3) is 16.9 Å². The number of piperidine rings is 1. The number of aryl methyl sites for hydroxylation is 1. The van der Waals surface area contributed by atoms with E-state index < -0.39 is 17.5 Å². The second-order valence-corrected chi connectivity index (χ2v) is 8.56. The number of carbonyl (C=O) groups excluding carboxylic acids is 1. The predicted octanol–water partition coefficient (Wildman–Crippen LogP) is 3.84. The number of benzene rings is 1. The van der Waals surface area contributed by atoms with Crippen molar-refractivity contribution in [2.75, 3.05) is 0 Å². The summed E-state index contributed by atoms with van der Waals surface area (Å²) in [5, 5.41) is 9.06. The van der Waals surface area contributed by atoms with Gasteiger partial charge in [0.25, 0.3) is 5.91 Å². The van der Waals surface area contributed by atoms with E-state index in [0.717, 1.165) is 37.0 Å². The Labute approximate surface area is 186 Å². The lowest BCUT2D eigenvalue weighted by Gasteiger charge is -2.45. The van der Waals surface area contributed by atoms with Crippen LogP contribution in [0.5, 0.6) is 0 Å². The van der Waals surface area contributed by atoms with E-state index in [1.165, 1.54) is 0 Å². The maximum absolute atomic E-state index is 14.0. The van der Waals surface area contributed by atoms with Crippen molar-refractivity contribution >= 4 is 11.6 Å². The number of rotatable bonds is 2. The molecule has 7 nitrogen and oxygen atoms in total. The van der Waals surface area contributed by atoms with Gasteiger partial charge in [-0.25, -0.2) is 22.7 Å². The summed E-state index contributed by atoms with van der Waals surface area (Å²) in [6, 6.07) is 5.05. The molecule has 33 heavy (non-hydrogen) atoms. The first kappa shape index (κ1) is 20.0. The summed E-state index contributed by atoms with van der Waals surface area (Å²) in [7, 11) is 1.69. The smallest absolute Gasteiger partial charge is 0.275 e. The molecule has 2 atom stereocenters. The lowest BCUT2D eigenvalue weighted by molar-refractivity contribution is 0.0384. The first-order valence-corrected chi connectivity index (χ1v) is 10.8. The van der Waals surface area contributed by atoms with Gasteiger partial charge in [-0.1, -0.05) is 0 Å². The van der Waals surface area contributed by atoms with Crippen molar-refractivity contribution in [3.63, 3.8) is 0 Å². The summed E-state index contributed by atoms with van der Waals surface area (Å²) in [6.07, 6.45) is 6.27. The quantitative estimate of drug-likeness (QED) is 0.434. The molecule has 0 spiro atoms. The highest BCUT2D eigenvalue weighted by molar-refractivity contribution is 5.93. The van der Waals surface area contributed by atoms with Crippen molar-refractivity contribution in [2.45, 2.75) is 37.8 Å². The van der Waals surface area contributed by atoms with Gasteiger partial charge in [-0.05, 0) is 49.9 Å². The van der Waals surface area contributed by atoms with Crippen LogP contribution < -0.4 is 0 Å². The van der Waals surface area contributed by atoms with E-state index in [4.69, 9.17) is 0 Å². The fourth-order valence-electron chi connectivity index (χ4n) is 5.26. The molecule has 0 unspecified atom stereocenters. The van der Waals surface area contributed by atoms with E-state index in [0.29, 0.717) is 29.1 Å². The Morgan fingerprint density at radius 1 is 1.09 bits per heavy atom. The molecule has 10 heteroatoms. The van der Waals surface area contributed by atoms with E-state index in [1.54, 1.807) is 40.8 Å². The van der Waals surface area contributed by atoms with Gasteiger partial charge in [-0.2, -0.15) is 10.2 Å². The fourth-order valence-corrected chi connectivity index (χ4v) is 5.26. The molecular weight excluding hydrogens is 433 g/mol. The van der Waals surface area contributed by atoms with Gasteiger partial charge in [0.1, 0.15) is 5.69 Å². The molecular formula is C23H19F3N6O. The van der Waals surface area contributed by atoms with Crippen LogP contribution in [0.4, 0.5) is 13.2 Å². The third kappa shape index (κ3) is 2.96. The van der Waals surface area contributed by atoms with Crippen LogP contribution in [0.15, 0.2) is 36.7 Å². The number of hydrogen-bond donors (Lipinski definition) is 0. The molecule has 0 aliphatic carbocycles. The van der Waals surface area contributed by atoms with Gasteiger partial charge in [-0.3, -0.25) is 9.48 Å². The van der Waals surface area contributed by atoms with Crippen LogP contribution in [0.2, 0.25) is 0 Å². The van der Waals surface area contributed by atoms with Gasteiger partial charge >= 0.3 is 0 Å². The number of halogens is 3. The Hall–Kier alpha value is -3.69. The highest BCUT2D eigenvalue weighted by atomic mass is 19.2. The Balaban J connectivity index is 1.43. The van der Waals surface area contributed by atoms with Gasteiger partial charge in [0.15, 0.2) is 23.1 Å². The second-order valence-electron chi connectivity index (χ2n) is 8.56. The van der Waals surface area contributed by atoms with Gasteiger partial charge in [-0.15, -0.1) is 0 Å². The molecule has 2 aliphatic heterocycles. The molecule has 168 valence electrons. The topological polar surface area (TPSA) is 68.3 Å². The second kappa shape index (κ2) is 7.16. The van der Waals surface area contributed by atoms with E-state index in [9.17, 15) is 18.0 Å². The Kier molecular flexibility index (Phi) is 4.33. The van der Waals surface area contributed by atoms with Gasteiger partial charge in [0, 0.05) is 36.6 Å². The number of fused-ring (bicyclic) bond motifs is 5. The van der Waals surface area contributed by atoms with Gasteiger partial charge < -0.3 is 4.90 Å². The minimum atomic E-state index is -1.49. The average Bonchev–Trinajstić information content (AvgIpc) is 3.39. The molecule has 3 aromatic heterocycles. The lowest BCUT2D eigenvalue weighted by Crippen LogP contribution is -2.50. The standard InChI is InChI=1S/C23H19F3N6O/c1-30-22(12-9-15(24)20(26)16(25)10-12)14-11-13-3-2-4-18(21(14)29-30)32(13)23(33)17-5-6-19-27-7-8-31(19)28-17/h5-10,13,18H,2-4,11H2,1H3/t13-,18+/m0/s1. The molecule has 1 amide bonds. The summed E-state index contributed by atoms with van der Waals surface area (Å²) < 4.78 is 44.6. The molecule has 6 rings (SSSR count). The molecule has 0 saturated carbocycles. The number of hydrogen-bond acceptors (Lipinski definition) is 4. The van der Waals surface area contributed by atoms with Gasteiger partial charge in [0.2, 0.25) is 0 Å². The number of carbonyl (C=O) groups is 1. The first-order valence-electron chi connectivity index (χ1n) is 10.8. The third-order valence-corrected chi connectivity index (χ3v) is 6.64. The molecule has 4 aromatic rings. The van der Waals surface area contributed by atoms with Crippen LogP contribution in [0.1, 0.15) is 47.1 Å². The molecule has 1 saturated heterocycles. The lowest BCUT2D eigenvalue weighted by atomic mass is 9.81. The van der Waals surface area contributed by atoms with Crippen molar-refractivity contribution < 1.29 is 18.0 Å². The molecule has 0 N–H and O–H groups in total.